The summed E-state index contributed by atoms with van der Waals surface area (Å²) in [6, 6.07) is 23.6. The van der Waals surface area contributed by atoms with E-state index in [-0.39, 0.29) is 5.91 Å². The third kappa shape index (κ3) is 3.93. The van der Waals surface area contributed by atoms with Gasteiger partial charge in [-0.1, -0.05) is 52.3 Å². The van der Waals surface area contributed by atoms with Gasteiger partial charge in [0.1, 0.15) is 5.65 Å². The monoisotopic (exact) mass is 419 g/mol. The van der Waals surface area contributed by atoms with Crippen LogP contribution in [0.15, 0.2) is 83.5 Å². The highest BCUT2D eigenvalue weighted by Crippen LogP contribution is 2.25. The van der Waals surface area contributed by atoms with Crippen LogP contribution in [0.2, 0.25) is 0 Å². The van der Waals surface area contributed by atoms with E-state index in [1.807, 2.05) is 79.0 Å². The van der Waals surface area contributed by atoms with Gasteiger partial charge in [0.2, 0.25) is 5.91 Å². The van der Waals surface area contributed by atoms with Gasteiger partial charge >= 0.3 is 0 Å². The summed E-state index contributed by atoms with van der Waals surface area (Å²) in [6.45, 7) is 0. The second kappa shape index (κ2) is 7.76. The zero-order valence-corrected chi connectivity index (χ0v) is 16.2. The highest BCUT2D eigenvalue weighted by Gasteiger charge is 2.15. The van der Waals surface area contributed by atoms with Crippen LogP contribution in [0.25, 0.3) is 16.9 Å². The largest absolute Gasteiger partial charge is 0.326 e. The Morgan fingerprint density at radius 2 is 1.70 bits per heavy atom. The van der Waals surface area contributed by atoms with Gasteiger partial charge in [-0.05, 0) is 42.8 Å². The van der Waals surface area contributed by atoms with Crippen molar-refractivity contribution < 1.29 is 4.79 Å². The Kier molecular flexibility index (Phi) is 5.03. The van der Waals surface area contributed by atoms with Gasteiger partial charge in [0.25, 0.3) is 0 Å². The minimum absolute atomic E-state index is 0.0118. The molecule has 0 unspecified atom stereocenters. The van der Waals surface area contributed by atoms with Crippen molar-refractivity contribution in [2.45, 2.75) is 12.8 Å². The van der Waals surface area contributed by atoms with Crippen LogP contribution in [-0.2, 0) is 11.2 Å². The number of imidazole rings is 1. The predicted molar refractivity (Wildman–Crippen MR) is 112 cm³/mol. The molecule has 0 saturated heterocycles. The van der Waals surface area contributed by atoms with Gasteiger partial charge in [-0.25, -0.2) is 4.98 Å². The summed E-state index contributed by atoms with van der Waals surface area (Å²) in [4.78, 5) is 17.2. The standard InChI is InChI=1S/C22H18BrN3O/c23-17-9-11-18(12-10-17)24-21(27)14-13-19-22(16-6-2-1-3-7-16)25-20-8-4-5-15-26(19)20/h1-12,15H,13-14H2,(H,24,27). The number of aromatic nitrogens is 2. The molecule has 0 fully saturated rings. The Morgan fingerprint density at radius 1 is 0.963 bits per heavy atom. The summed E-state index contributed by atoms with van der Waals surface area (Å²) in [5.41, 5.74) is 4.72. The van der Waals surface area contributed by atoms with Crippen molar-refractivity contribution in [1.82, 2.24) is 9.38 Å². The molecule has 2 aromatic carbocycles. The Bertz CT molecular complexity index is 1070. The van der Waals surface area contributed by atoms with Gasteiger partial charge in [0.15, 0.2) is 0 Å². The number of hydrogen-bond donors (Lipinski definition) is 1. The molecular weight excluding hydrogens is 402 g/mol. The van der Waals surface area contributed by atoms with E-state index in [1.54, 1.807) is 0 Å². The fourth-order valence-corrected chi connectivity index (χ4v) is 3.37. The Balaban J connectivity index is 1.57. The summed E-state index contributed by atoms with van der Waals surface area (Å²) in [5, 5.41) is 2.95. The van der Waals surface area contributed by atoms with Crippen LogP contribution in [0.5, 0.6) is 0 Å². The van der Waals surface area contributed by atoms with Crippen molar-refractivity contribution in [2.75, 3.05) is 5.32 Å². The highest BCUT2D eigenvalue weighted by atomic mass is 79.9. The number of fused-ring (bicyclic) bond motifs is 1. The first kappa shape index (κ1) is 17.5. The van der Waals surface area contributed by atoms with Crippen molar-refractivity contribution in [1.29, 1.82) is 0 Å². The number of nitrogens with one attached hydrogen (secondary N) is 1. The molecule has 1 N–H and O–H groups in total. The van der Waals surface area contributed by atoms with Gasteiger partial charge in [0, 0.05) is 28.3 Å². The number of rotatable bonds is 5. The number of carbonyl (C=O) groups is 1. The first-order chi connectivity index (χ1) is 13.2. The molecule has 27 heavy (non-hydrogen) atoms. The fraction of sp³-hybridized carbons (Fsp3) is 0.0909. The SMILES string of the molecule is O=C(CCc1c(-c2ccccc2)nc2ccccn12)Nc1ccc(Br)cc1. The molecule has 0 atom stereocenters. The van der Waals surface area contributed by atoms with Crippen molar-refractivity contribution in [3.05, 3.63) is 89.2 Å². The Hall–Kier alpha value is -2.92. The van der Waals surface area contributed by atoms with Crippen molar-refractivity contribution in [2.24, 2.45) is 0 Å². The van der Waals surface area contributed by atoms with E-state index in [0.29, 0.717) is 12.8 Å². The Labute approximate surface area is 166 Å². The topological polar surface area (TPSA) is 46.4 Å². The van der Waals surface area contributed by atoms with Crippen molar-refractivity contribution in [3.8, 4) is 11.3 Å². The third-order valence-corrected chi connectivity index (χ3v) is 4.92. The molecule has 0 saturated carbocycles. The van der Waals surface area contributed by atoms with Crippen LogP contribution in [0.4, 0.5) is 5.69 Å². The van der Waals surface area contributed by atoms with E-state index in [2.05, 4.69) is 25.6 Å². The number of carbonyl (C=O) groups excluding carboxylic acids is 1. The number of benzene rings is 2. The van der Waals surface area contributed by atoms with Crippen LogP contribution in [0.3, 0.4) is 0 Å². The number of halogens is 1. The van der Waals surface area contributed by atoms with E-state index >= 15 is 0 Å². The Morgan fingerprint density at radius 3 is 2.48 bits per heavy atom. The molecule has 1 amide bonds. The molecule has 2 aromatic heterocycles. The van der Waals surface area contributed by atoms with E-state index < -0.39 is 0 Å². The molecule has 0 spiro atoms. The molecule has 0 aliphatic heterocycles. The lowest BCUT2D eigenvalue weighted by atomic mass is 10.1. The summed E-state index contributed by atoms with van der Waals surface area (Å²) in [7, 11) is 0. The molecule has 4 rings (SSSR count). The van der Waals surface area contributed by atoms with Gasteiger partial charge in [-0.2, -0.15) is 0 Å². The van der Waals surface area contributed by atoms with E-state index in [9.17, 15) is 4.79 Å². The molecule has 0 aliphatic rings. The molecule has 0 aliphatic carbocycles. The van der Waals surface area contributed by atoms with Gasteiger partial charge in [0.05, 0.1) is 11.4 Å². The lowest BCUT2D eigenvalue weighted by Crippen LogP contribution is -2.13. The zero-order chi connectivity index (χ0) is 18.6. The van der Waals surface area contributed by atoms with E-state index in [1.165, 1.54) is 0 Å². The van der Waals surface area contributed by atoms with Crippen LogP contribution in [0.1, 0.15) is 12.1 Å². The van der Waals surface area contributed by atoms with Crippen LogP contribution >= 0.6 is 15.9 Å². The number of pyridine rings is 1. The molecule has 5 heteroatoms. The summed E-state index contributed by atoms with van der Waals surface area (Å²) in [6.07, 6.45) is 2.99. The summed E-state index contributed by atoms with van der Waals surface area (Å²) in [5.74, 6) is -0.0118. The third-order valence-electron chi connectivity index (χ3n) is 4.39. The summed E-state index contributed by atoms with van der Waals surface area (Å²) < 4.78 is 3.05. The average molecular weight is 420 g/mol. The van der Waals surface area contributed by atoms with Gasteiger partial charge in [-0.15, -0.1) is 0 Å². The van der Waals surface area contributed by atoms with Crippen molar-refractivity contribution >= 4 is 33.2 Å². The second-order valence-electron chi connectivity index (χ2n) is 6.26. The molecule has 0 bridgehead atoms. The minimum atomic E-state index is -0.0118. The first-order valence-corrected chi connectivity index (χ1v) is 9.57. The maximum atomic E-state index is 12.4. The molecule has 2 heterocycles. The molecular formula is C22H18BrN3O. The quantitative estimate of drug-likeness (QED) is 0.474. The maximum absolute atomic E-state index is 12.4. The van der Waals surface area contributed by atoms with Crippen LogP contribution < -0.4 is 5.32 Å². The number of nitrogens with zero attached hydrogens (tertiary/aromatic N) is 2. The van der Waals surface area contributed by atoms with E-state index in [4.69, 9.17) is 4.98 Å². The molecule has 134 valence electrons. The number of amides is 1. The van der Waals surface area contributed by atoms with Crippen molar-refractivity contribution in [3.63, 3.8) is 0 Å². The highest BCUT2D eigenvalue weighted by molar-refractivity contribution is 9.10. The normalized spacial score (nSPS) is 10.9. The maximum Gasteiger partial charge on any atom is 0.224 e. The number of anilines is 1. The molecule has 0 radical (unpaired) electrons. The smallest absolute Gasteiger partial charge is 0.224 e. The first-order valence-electron chi connectivity index (χ1n) is 8.77. The lowest BCUT2D eigenvalue weighted by Gasteiger charge is -2.07. The zero-order valence-electron chi connectivity index (χ0n) is 14.6. The number of hydrogen-bond acceptors (Lipinski definition) is 2. The fourth-order valence-electron chi connectivity index (χ4n) is 3.10. The van der Waals surface area contributed by atoms with Gasteiger partial charge < -0.3 is 9.72 Å². The van der Waals surface area contributed by atoms with Crippen LogP contribution in [-0.4, -0.2) is 15.3 Å². The number of aryl methyl sites for hydroxylation is 1. The lowest BCUT2D eigenvalue weighted by molar-refractivity contribution is -0.116. The average Bonchev–Trinajstić information content (AvgIpc) is 3.07. The van der Waals surface area contributed by atoms with Gasteiger partial charge in [-0.3, -0.25) is 4.79 Å². The summed E-state index contributed by atoms with van der Waals surface area (Å²) >= 11 is 3.40. The molecule has 4 nitrogen and oxygen atoms in total. The van der Waals surface area contributed by atoms with E-state index in [0.717, 1.165) is 32.8 Å². The second-order valence-corrected chi connectivity index (χ2v) is 7.17. The predicted octanol–water partition coefficient (Wildman–Crippen LogP) is 5.34. The minimum Gasteiger partial charge on any atom is -0.326 e. The van der Waals surface area contributed by atoms with Crippen LogP contribution in [0, 0.1) is 0 Å². The molecule has 4 aromatic rings.